The Morgan fingerprint density at radius 2 is 1.96 bits per heavy atom. The van der Waals surface area contributed by atoms with Crippen molar-refractivity contribution in [2.45, 2.75) is 44.1 Å². The van der Waals surface area contributed by atoms with Crippen LogP contribution in [0.4, 0.5) is 5.69 Å². The van der Waals surface area contributed by atoms with Gasteiger partial charge in [0.1, 0.15) is 5.54 Å². The molecule has 2 rings (SSSR count). The number of nitro groups is 1. The molecule has 24 heavy (non-hydrogen) atoms. The van der Waals surface area contributed by atoms with Crippen LogP contribution < -0.4 is 0 Å². The van der Waals surface area contributed by atoms with E-state index in [1.54, 1.807) is 0 Å². The van der Waals surface area contributed by atoms with Gasteiger partial charge in [-0.1, -0.05) is 41.3 Å². The van der Waals surface area contributed by atoms with Crippen LogP contribution in [0.15, 0.2) is 22.7 Å². The van der Waals surface area contributed by atoms with Crippen molar-refractivity contribution in [3.8, 4) is 0 Å². The van der Waals surface area contributed by atoms with Crippen molar-refractivity contribution in [1.29, 1.82) is 0 Å². The zero-order valence-corrected chi connectivity index (χ0v) is 14.9. The van der Waals surface area contributed by atoms with Gasteiger partial charge in [-0.05, 0) is 18.4 Å². The summed E-state index contributed by atoms with van der Waals surface area (Å²) >= 11 is 3.24. The van der Waals surface area contributed by atoms with E-state index in [1.165, 1.54) is 30.1 Å². The molecule has 0 spiro atoms. The first-order valence-electron chi connectivity index (χ1n) is 7.71. The molecular weight excluding hydrogens is 380 g/mol. The van der Waals surface area contributed by atoms with Crippen molar-refractivity contribution < 1.29 is 19.6 Å². The molecule has 1 aromatic carbocycles. The van der Waals surface area contributed by atoms with Crippen molar-refractivity contribution in [3.05, 3.63) is 38.3 Å². The molecule has 0 heterocycles. The summed E-state index contributed by atoms with van der Waals surface area (Å²) in [5.41, 5.74) is -0.628. The highest BCUT2D eigenvalue weighted by molar-refractivity contribution is 9.10. The number of carboxylic acids is 1. The van der Waals surface area contributed by atoms with E-state index in [1.807, 2.05) is 0 Å². The summed E-state index contributed by atoms with van der Waals surface area (Å²) in [5, 5.41) is 20.4. The van der Waals surface area contributed by atoms with Gasteiger partial charge in [-0.2, -0.15) is 0 Å². The maximum Gasteiger partial charge on any atom is 0.329 e. The summed E-state index contributed by atoms with van der Waals surface area (Å²) in [6, 6.07) is 4.19. The minimum absolute atomic E-state index is 0.00981. The number of amides is 1. The second-order valence-electron chi connectivity index (χ2n) is 6.06. The number of rotatable bonds is 5. The Kier molecular flexibility index (Phi) is 5.58. The number of hydrogen-bond acceptors (Lipinski definition) is 4. The first-order valence-corrected chi connectivity index (χ1v) is 8.50. The zero-order valence-electron chi connectivity index (χ0n) is 13.3. The maximum absolute atomic E-state index is 12.6. The van der Waals surface area contributed by atoms with Crippen LogP contribution in [0.1, 0.15) is 37.7 Å². The molecule has 0 aliphatic heterocycles. The first-order chi connectivity index (χ1) is 11.3. The van der Waals surface area contributed by atoms with Crippen LogP contribution in [0.2, 0.25) is 0 Å². The van der Waals surface area contributed by atoms with Gasteiger partial charge in [0.05, 0.1) is 11.3 Å². The minimum Gasteiger partial charge on any atom is -0.479 e. The van der Waals surface area contributed by atoms with Gasteiger partial charge in [-0.25, -0.2) is 4.79 Å². The monoisotopic (exact) mass is 398 g/mol. The smallest absolute Gasteiger partial charge is 0.329 e. The molecule has 1 aromatic rings. The van der Waals surface area contributed by atoms with Crippen LogP contribution in [0.25, 0.3) is 0 Å². The topological polar surface area (TPSA) is 101 Å². The van der Waals surface area contributed by atoms with E-state index in [0.29, 0.717) is 22.9 Å². The normalized spacial score (nSPS) is 16.4. The molecule has 0 bridgehead atoms. The summed E-state index contributed by atoms with van der Waals surface area (Å²) in [7, 11) is 1.53. The molecule has 1 fully saturated rings. The minimum atomic E-state index is -1.15. The van der Waals surface area contributed by atoms with Gasteiger partial charge in [0.2, 0.25) is 5.91 Å². The molecule has 0 aromatic heterocycles. The molecule has 7 nitrogen and oxygen atoms in total. The Hall–Kier alpha value is -1.96. The van der Waals surface area contributed by atoms with E-state index in [9.17, 15) is 24.8 Å². The predicted molar refractivity (Wildman–Crippen MR) is 90.7 cm³/mol. The Morgan fingerprint density at radius 3 is 2.46 bits per heavy atom. The fraction of sp³-hybridized carbons (Fsp3) is 0.500. The lowest BCUT2D eigenvalue weighted by atomic mass is 9.80. The summed E-state index contributed by atoms with van der Waals surface area (Å²) in [5.74, 6) is -1.28. The Labute approximate surface area is 147 Å². The van der Waals surface area contributed by atoms with Crippen LogP contribution in [0.5, 0.6) is 0 Å². The quantitative estimate of drug-likeness (QED) is 0.606. The molecule has 1 aliphatic rings. The van der Waals surface area contributed by atoms with E-state index in [2.05, 4.69) is 15.9 Å². The summed E-state index contributed by atoms with van der Waals surface area (Å²) in [4.78, 5) is 36.0. The average molecular weight is 399 g/mol. The fourth-order valence-electron chi connectivity index (χ4n) is 3.14. The number of carbonyl (C=O) groups excluding carboxylic acids is 1. The molecule has 1 amide bonds. The molecule has 1 saturated carbocycles. The Balaban J connectivity index is 2.19. The lowest BCUT2D eigenvalue weighted by Gasteiger charge is -2.41. The third-order valence-electron chi connectivity index (χ3n) is 4.68. The molecule has 0 saturated heterocycles. The number of hydrogen-bond donors (Lipinski definition) is 1. The van der Waals surface area contributed by atoms with Gasteiger partial charge in [0.25, 0.3) is 5.69 Å². The number of halogens is 1. The van der Waals surface area contributed by atoms with Gasteiger partial charge < -0.3 is 10.0 Å². The van der Waals surface area contributed by atoms with Crippen molar-refractivity contribution in [2.24, 2.45) is 0 Å². The van der Waals surface area contributed by atoms with Crippen LogP contribution >= 0.6 is 15.9 Å². The van der Waals surface area contributed by atoms with E-state index < -0.39 is 16.4 Å². The van der Waals surface area contributed by atoms with Gasteiger partial charge in [-0.15, -0.1) is 0 Å². The second-order valence-corrected chi connectivity index (χ2v) is 6.91. The number of nitro benzene ring substituents is 1. The summed E-state index contributed by atoms with van der Waals surface area (Å²) in [6.07, 6.45) is 3.43. The van der Waals surface area contributed by atoms with Crippen molar-refractivity contribution in [1.82, 2.24) is 4.90 Å². The number of carbonyl (C=O) groups is 2. The fourth-order valence-corrected chi connectivity index (χ4v) is 3.65. The molecule has 1 aliphatic carbocycles. The van der Waals surface area contributed by atoms with Crippen LogP contribution in [-0.2, 0) is 16.0 Å². The van der Waals surface area contributed by atoms with Crippen molar-refractivity contribution >= 4 is 33.5 Å². The van der Waals surface area contributed by atoms with E-state index in [4.69, 9.17) is 0 Å². The number of non-ortho nitro benzene ring substituents is 1. The molecule has 0 unspecified atom stereocenters. The average Bonchev–Trinajstić information content (AvgIpc) is 2.56. The largest absolute Gasteiger partial charge is 0.479 e. The number of benzene rings is 1. The molecular formula is C16H19BrN2O5. The summed E-state index contributed by atoms with van der Waals surface area (Å²) in [6.45, 7) is 0. The lowest BCUT2D eigenvalue weighted by molar-refractivity contribution is -0.384. The van der Waals surface area contributed by atoms with E-state index in [-0.39, 0.29) is 18.0 Å². The Morgan fingerprint density at radius 1 is 1.33 bits per heavy atom. The lowest BCUT2D eigenvalue weighted by Crippen LogP contribution is -2.56. The van der Waals surface area contributed by atoms with E-state index in [0.717, 1.165) is 19.3 Å². The predicted octanol–water partition coefficient (Wildman–Crippen LogP) is 3.15. The highest BCUT2D eigenvalue weighted by Gasteiger charge is 2.45. The maximum atomic E-state index is 12.6. The standard InChI is InChI=1S/C16H19BrN2O5/c1-18(16(15(21)22)7-3-2-4-8-16)14(20)9-11-5-6-12(19(23)24)10-13(11)17/h5-6,10H,2-4,7-9H2,1H3,(H,21,22). The number of carboxylic acid groups (broad SMARTS) is 1. The molecule has 130 valence electrons. The number of nitrogens with zero attached hydrogens (tertiary/aromatic N) is 2. The van der Waals surface area contributed by atoms with Gasteiger partial charge in [0.15, 0.2) is 0 Å². The third-order valence-corrected chi connectivity index (χ3v) is 5.42. The molecule has 0 atom stereocenters. The van der Waals surface area contributed by atoms with Crippen LogP contribution in [0.3, 0.4) is 0 Å². The number of aliphatic carboxylic acids is 1. The second kappa shape index (κ2) is 7.29. The van der Waals surface area contributed by atoms with Crippen LogP contribution in [0, 0.1) is 10.1 Å². The highest BCUT2D eigenvalue weighted by atomic mass is 79.9. The SMILES string of the molecule is CN(C(=O)Cc1ccc([N+](=O)[O-])cc1Br)C1(C(=O)O)CCCCC1. The molecule has 0 radical (unpaired) electrons. The first kappa shape index (κ1) is 18.4. The third kappa shape index (κ3) is 3.58. The highest BCUT2D eigenvalue weighted by Crippen LogP contribution is 2.34. The Bertz CT molecular complexity index is 670. The van der Waals surface area contributed by atoms with Gasteiger partial charge >= 0.3 is 5.97 Å². The van der Waals surface area contributed by atoms with Crippen molar-refractivity contribution in [3.63, 3.8) is 0 Å². The molecule has 1 N–H and O–H groups in total. The van der Waals surface area contributed by atoms with Gasteiger partial charge in [-0.3, -0.25) is 14.9 Å². The zero-order chi connectivity index (χ0) is 17.9. The van der Waals surface area contributed by atoms with Crippen LogP contribution in [-0.4, -0.2) is 39.4 Å². The molecule has 8 heteroatoms. The summed E-state index contributed by atoms with van der Waals surface area (Å²) < 4.78 is 0.464. The van der Waals surface area contributed by atoms with E-state index >= 15 is 0 Å². The van der Waals surface area contributed by atoms with Crippen molar-refractivity contribution in [2.75, 3.05) is 7.05 Å². The number of likely N-dealkylation sites (N-methyl/N-ethyl adjacent to an activating group) is 1. The van der Waals surface area contributed by atoms with Gasteiger partial charge in [0, 0.05) is 23.7 Å².